The normalized spacial score (nSPS) is 18.4. The molecule has 144 valence electrons. The minimum Gasteiger partial charge on any atom is -0.492 e. The monoisotopic (exact) mass is 399 g/mol. The van der Waals surface area contributed by atoms with Crippen molar-refractivity contribution >= 4 is 17.7 Å². The van der Waals surface area contributed by atoms with Gasteiger partial charge in [0.1, 0.15) is 11.9 Å². The van der Waals surface area contributed by atoms with Gasteiger partial charge < -0.3 is 15.2 Å². The van der Waals surface area contributed by atoms with E-state index in [9.17, 15) is 18.0 Å². The number of carbonyl (C=O) groups excluding carboxylic acids is 1. The Kier molecular flexibility index (Phi) is 4.76. The molecule has 2 aromatic rings. The summed E-state index contributed by atoms with van der Waals surface area (Å²) in [6, 6.07) is 8.58. The summed E-state index contributed by atoms with van der Waals surface area (Å²) in [6.45, 7) is 3.97. The summed E-state index contributed by atoms with van der Waals surface area (Å²) in [5, 5.41) is -0.383. The second-order valence-electron chi connectivity index (χ2n) is 7.01. The molecule has 4 nitrogen and oxygen atoms in total. The van der Waals surface area contributed by atoms with Gasteiger partial charge in [-0.25, -0.2) is 4.79 Å². The van der Waals surface area contributed by atoms with Gasteiger partial charge in [0.15, 0.2) is 0 Å². The van der Waals surface area contributed by atoms with Gasteiger partial charge in [-0.05, 0) is 17.7 Å². The van der Waals surface area contributed by atoms with Crippen LogP contribution >= 0.6 is 11.6 Å². The molecule has 0 fully saturated rings. The van der Waals surface area contributed by atoms with E-state index in [2.05, 4.69) is 0 Å². The number of ether oxygens (including phenoxy) is 2. The average Bonchev–Trinajstić information content (AvgIpc) is 2.56. The predicted molar refractivity (Wildman–Crippen MR) is 94.6 cm³/mol. The van der Waals surface area contributed by atoms with Crippen molar-refractivity contribution in [2.45, 2.75) is 26.1 Å². The summed E-state index contributed by atoms with van der Waals surface area (Å²) >= 11 is 6.01. The van der Waals surface area contributed by atoms with Gasteiger partial charge in [-0.1, -0.05) is 49.7 Å². The van der Waals surface area contributed by atoms with Crippen LogP contribution in [-0.4, -0.2) is 12.7 Å². The fraction of sp³-hybridized carbons (Fsp3) is 0.316. The fourth-order valence-corrected chi connectivity index (χ4v) is 3.46. The smallest absolute Gasteiger partial charge is 0.417 e. The zero-order valence-corrected chi connectivity index (χ0v) is 15.3. The largest absolute Gasteiger partial charge is 0.492 e. The van der Waals surface area contributed by atoms with Crippen LogP contribution in [0.15, 0.2) is 36.4 Å². The molecule has 0 aliphatic carbocycles. The highest BCUT2D eigenvalue weighted by Gasteiger charge is 2.40. The highest BCUT2D eigenvalue weighted by Crippen LogP contribution is 2.47. The van der Waals surface area contributed by atoms with Crippen LogP contribution in [0.3, 0.4) is 0 Å². The minimum atomic E-state index is -4.55. The first-order valence-corrected chi connectivity index (χ1v) is 8.47. The van der Waals surface area contributed by atoms with Crippen molar-refractivity contribution in [1.82, 2.24) is 0 Å². The lowest BCUT2D eigenvalue weighted by atomic mass is 9.80. The number of alkyl halides is 3. The molecule has 0 bridgehead atoms. The first kappa shape index (κ1) is 19.4. The molecular weight excluding hydrogens is 383 g/mol. The number of hydrogen-bond acceptors (Lipinski definition) is 3. The Morgan fingerprint density at radius 3 is 2.63 bits per heavy atom. The third kappa shape index (κ3) is 3.69. The first-order valence-electron chi connectivity index (χ1n) is 8.09. The Bertz CT molecular complexity index is 896. The Morgan fingerprint density at radius 1 is 1.30 bits per heavy atom. The summed E-state index contributed by atoms with van der Waals surface area (Å²) in [7, 11) is 0. The van der Waals surface area contributed by atoms with Crippen LogP contribution in [0.1, 0.15) is 31.1 Å². The molecule has 0 aromatic heterocycles. The number of carbonyl (C=O) groups is 1. The molecular formula is C19H17ClF3NO3. The summed E-state index contributed by atoms with van der Waals surface area (Å²) in [4.78, 5) is 11.3. The summed E-state index contributed by atoms with van der Waals surface area (Å²) in [5.74, 6) is 0.409. The maximum atomic E-state index is 13.1. The van der Waals surface area contributed by atoms with Gasteiger partial charge in [-0.3, -0.25) is 0 Å². The number of benzene rings is 2. The summed E-state index contributed by atoms with van der Waals surface area (Å²) in [5.41, 5.74) is 5.04. The van der Waals surface area contributed by atoms with Crippen LogP contribution < -0.4 is 10.5 Å². The van der Waals surface area contributed by atoms with E-state index >= 15 is 0 Å². The lowest BCUT2D eigenvalue weighted by Gasteiger charge is -2.38. The van der Waals surface area contributed by atoms with Gasteiger partial charge in [0.25, 0.3) is 0 Å². The Morgan fingerprint density at radius 2 is 2.00 bits per heavy atom. The molecule has 1 atom stereocenters. The van der Waals surface area contributed by atoms with Crippen molar-refractivity contribution in [3.8, 4) is 16.9 Å². The molecule has 0 saturated carbocycles. The molecule has 1 aliphatic rings. The number of nitrogens with two attached hydrogens (primary N) is 1. The second-order valence-corrected chi connectivity index (χ2v) is 7.39. The topological polar surface area (TPSA) is 61.6 Å². The highest BCUT2D eigenvalue weighted by atomic mass is 35.5. The van der Waals surface area contributed by atoms with Crippen LogP contribution in [0.25, 0.3) is 11.1 Å². The molecule has 0 radical (unpaired) electrons. The van der Waals surface area contributed by atoms with E-state index in [0.29, 0.717) is 16.9 Å². The minimum absolute atomic E-state index is 0.232. The summed E-state index contributed by atoms with van der Waals surface area (Å²) < 4.78 is 50.3. The Labute approximate surface area is 159 Å². The van der Waals surface area contributed by atoms with Crippen LogP contribution in [-0.2, 0) is 10.9 Å². The summed E-state index contributed by atoms with van der Waals surface area (Å²) in [6.07, 6.45) is -6.10. The predicted octanol–water partition coefficient (Wildman–Crippen LogP) is 5.58. The lowest BCUT2D eigenvalue weighted by molar-refractivity contribution is -0.137. The molecule has 0 spiro atoms. The third-order valence-corrected chi connectivity index (χ3v) is 4.86. The van der Waals surface area contributed by atoms with Gasteiger partial charge in [0.2, 0.25) is 0 Å². The van der Waals surface area contributed by atoms with E-state index in [-0.39, 0.29) is 17.2 Å². The van der Waals surface area contributed by atoms with E-state index in [1.165, 1.54) is 12.1 Å². The van der Waals surface area contributed by atoms with Crippen molar-refractivity contribution in [3.05, 3.63) is 52.5 Å². The molecule has 0 saturated heterocycles. The molecule has 27 heavy (non-hydrogen) atoms. The molecule has 1 heterocycles. The van der Waals surface area contributed by atoms with Crippen LogP contribution in [0.5, 0.6) is 5.75 Å². The number of primary amides is 1. The zero-order chi connectivity index (χ0) is 20.0. The van der Waals surface area contributed by atoms with E-state index < -0.39 is 29.4 Å². The molecule has 1 unspecified atom stereocenters. The molecule has 1 amide bonds. The number of hydrogen-bond donors (Lipinski definition) is 1. The molecule has 3 rings (SSSR count). The van der Waals surface area contributed by atoms with Crippen molar-refractivity contribution in [2.75, 3.05) is 6.61 Å². The van der Waals surface area contributed by atoms with E-state index in [0.717, 1.165) is 6.07 Å². The van der Waals surface area contributed by atoms with Crippen LogP contribution in [0, 0.1) is 5.41 Å². The lowest BCUT2D eigenvalue weighted by Crippen LogP contribution is -2.37. The third-order valence-electron chi connectivity index (χ3n) is 4.45. The van der Waals surface area contributed by atoms with Gasteiger partial charge in [0, 0.05) is 16.5 Å². The standard InChI is InChI=1S/C19H17ClF3NO3/c1-18(2)9-26-14-8-10(6-7-12(14)16(18)27-17(24)25)11-4-3-5-13(15(11)20)19(21,22)23/h3-8,16H,9H2,1-2H3,(H2,24,25). The fourth-order valence-electron chi connectivity index (χ4n) is 3.12. The highest BCUT2D eigenvalue weighted by molar-refractivity contribution is 6.34. The quantitative estimate of drug-likeness (QED) is 0.717. The maximum absolute atomic E-state index is 13.1. The molecule has 2 aromatic carbocycles. The SMILES string of the molecule is CC1(C)COc2cc(-c3cccc(C(F)(F)F)c3Cl)ccc2C1OC(N)=O. The van der Waals surface area contributed by atoms with Crippen LogP contribution in [0.4, 0.5) is 18.0 Å². The van der Waals surface area contributed by atoms with Crippen molar-refractivity contribution in [2.24, 2.45) is 11.1 Å². The average molecular weight is 400 g/mol. The number of amides is 1. The first-order chi connectivity index (χ1) is 12.5. The molecule has 1 aliphatic heterocycles. The second kappa shape index (κ2) is 6.64. The van der Waals surface area contributed by atoms with Gasteiger partial charge >= 0.3 is 12.3 Å². The van der Waals surface area contributed by atoms with Crippen LogP contribution in [0.2, 0.25) is 5.02 Å². The zero-order valence-electron chi connectivity index (χ0n) is 14.6. The van der Waals surface area contributed by atoms with Crippen molar-refractivity contribution in [3.63, 3.8) is 0 Å². The van der Waals surface area contributed by atoms with E-state index in [4.69, 9.17) is 26.8 Å². The van der Waals surface area contributed by atoms with Gasteiger partial charge in [-0.15, -0.1) is 0 Å². The number of fused-ring (bicyclic) bond motifs is 1. The Hall–Kier alpha value is -2.41. The van der Waals surface area contributed by atoms with Gasteiger partial charge in [0.05, 0.1) is 17.2 Å². The maximum Gasteiger partial charge on any atom is 0.417 e. The Balaban J connectivity index is 2.07. The van der Waals surface area contributed by atoms with Crippen molar-refractivity contribution < 1.29 is 27.4 Å². The van der Waals surface area contributed by atoms with Gasteiger partial charge in [-0.2, -0.15) is 13.2 Å². The molecule has 8 heteroatoms. The number of halogens is 4. The van der Waals surface area contributed by atoms with Crippen molar-refractivity contribution in [1.29, 1.82) is 0 Å². The van der Waals surface area contributed by atoms with E-state index in [1.54, 1.807) is 18.2 Å². The van der Waals surface area contributed by atoms with E-state index in [1.807, 2.05) is 13.8 Å². The molecule has 2 N–H and O–H groups in total. The number of rotatable bonds is 2.